The average Bonchev–Trinajstić information content (AvgIpc) is 4.06. The van der Waals surface area contributed by atoms with E-state index >= 15 is 0 Å². The molecule has 0 aliphatic carbocycles. The van der Waals surface area contributed by atoms with Gasteiger partial charge in [0.25, 0.3) is 5.91 Å². The van der Waals surface area contributed by atoms with E-state index in [1.54, 1.807) is 0 Å². The van der Waals surface area contributed by atoms with Crippen molar-refractivity contribution in [2.45, 2.75) is 161 Å². The predicted octanol–water partition coefficient (Wildman–Crippen LogP) is 9.16. The number of nitrogens with one attached hydrogen (secondary N) is 3. The van der Waals surface area contributed by atoms with Crippen LogP contribution >= 0.6 is 0 Å². The summed E-state index contributed by atoms with van der Waals surface area (Å²) < 4.78 is 0. The van der Waals surface area contributed by atoms with Gasteiger partial charge in [0, 0.05) is 103 Å². The fourth-order valence-electron chi connectivity index (χ4n) is 10.8. The number of rotatable bonds is 33. The highest BCUT2D eigenvalue weighted by Crippen LogP contribution is 2.28. The second kappa shape index (κ2) is 31.5. The highest BCUT2D eigenvalue weighted by molar-refractivity contribution is 5.96. The minimum absolute atomic E-state index is 0.0537. The number of hydrogen-bond donors (Lipinski definition) is 3. The van der Waals surface area contributed by atoms with Crippen molar-refractivity contribution in [2.24, 2.45) is 0 Å². The SMILES string of the molecule is CCCCC/C=C\C/C=C\CCCCCCCC(=O)NCCN(CCNCCCC(=O)c1ccc(CN2CCCN3CCCC32)cc1)CCNC(=O)c1ccc(CN2CCCN3CCCC32)cc1. The van der Waals surface area contributed by atoms with Gasteiger partial charge in [0.05, 0.1) is 12.3 Å². The molecule has 4 fully saturated rings. The molecule has 2 aromatic rings. The van der Waals surface area contributed by atoms with E-state index in [4.69, 9.17) is 0 Å². The van der Waals surface area contributed by atoms with Gasteiger partial charge in [-0.05, 0) is 126 Å². The number of nitrogens with zero attached hydrogens (tertiary/aromatic N) is 5. The molecule has 68 heavy (non-hydrogen) atoms. The second-order valence-corrected chi connectivity index (χ2v) is 20.1. The molecule has 0 saturated carbocycles. The minimum atomic E-state index is -0.0537. The van der Waals surface area contributed by atoms with Crippen molar-refractivity contribution < 1.29 is 14.4 Å². The normalized spacial score (nSPS) is 19.3. The Morgan fingerprint density at radius 1 is 0.559 bits per heavy atom. The molecule has 0 aromatic heterocycles. The van der Waals surface area contributed by atoms with Crippen LogP contribution in [-0.4, -0.2) is 140 Å². The van der Waals surface area contributed by atoms with E-state index in [-0.39, 0.29) is 17.6 Å². The Morgan fingerprint density at radius 3 is 1.74 bits per heavy atom. The number of carbonyl (C=O) groups is 3. The van der Waals surface area contributed by atoms with Gasteiger partial charge in [-0.15, -0.1) is 0 Å². The third kappa shape index (κ3) is 19.2. The summed E-state index contributed by atoms with van der Waals surface area (Å²) in [4.78, 5) is 51.9. The summed E-state index contributed by atoms with van der Waals surface area (Å²) in [7, 11) is 0. The van der Waals surface area contributed by atoms with Gasteiger partial charge in [0.2, 0.25) is 5.91 Å². The zero-order valence-corrected chi connectivity index (χ0v) is 42.3. The van der Waals surface area contributed by atoms with Crippen molar-refractivity contribution in [1.29, 1.82) is 0 Å². The van der Waals surface area contributed by atoms with Crippen molar-refractivity contribution >= 4 is 17.6 Å². The Morgan fingerprint density at radius 2 is 1.10 bits per heavy atom. The number of fused-ring (bicyclic) bond motifs is 2. The van der Waals surface area contributed by atoms with Crippen LogP contribution in [0.1, 0.15) is 167 Å². The zero-order valence-electron chi connectivity index (χ0n) is 42.3. The van der Waals surface area contributed by atoms with Gasteiger partial charge in [-0.3, -0.25) is 38.9 Å². The van der Waals surface area contributed by atoms with Crippen LogP contribution < -0.4 is 16.0 Å². The smallest absolute Gasteiger partial charge is 0.251 e. The summed E-state index contributed by atoms with van der Waals surface area (Å²) in [5.74, 6) is 0.262. The standard InChI is InChI=1S/C57H90N8O3/c1-2-3-4-5-6-7-8-9-10-11-12-13-14-15-16-23-54(67)59-36-45-61(46-37-60-57(68)52-32-28-50(29-33-52)48-65-43-21-41-63-39-19-25-56(63)65)44-35-58-34-17-22-53(66)51-30-26-49(27-31-51)47-64-42-20-40-62-38-18-24-55(62)64/h6-7,9-10,26-33,55-56,58H,2-5,8,11-25,34-48H2,1H3,(H,59,67)(H,60,68)/b7-6-,10-9-. The highest BCUT2D eigenvalue weighted by atomic mass is 16.2. The molecular weight excluding hydrogens is 845 g/mol. The first kappa shape index (κ1) is 53.6. The van der Waals surface area contributed by atoms with Gasteiger partial charge in [-0.1, -0.05) is 99.7 Å². The third-order valence-corrected chi connectivity index (χ3v) is 14.7. The van der Waals surface area contributed by atoms with Crippen LogP contribution in [0.4, 0.5) is 0 Å². The number of allylic oxidation sites excluding steroid dienone is 4. The van der Waals surface area contributed by atoms with Gasteiger partial charge in [0.1, 0.15) is 0 Å². The molecule has 0 spiro atoms. The molecule has 4 heterocycles. The van der Waals surface area contributed by atoms with E-state index in [0.29, 0.717) is 56.9 Å². The summed E-state index contributed by atoms with van der Waals surface area (Å²) in [5, 5.41) is 9.85. The van der Waals surface area contributed by atoms with E-state index in [0.717, 1.165) is 83.5 Å². The lowest BCUT2D eigenvalue weighted by Crippen LogP contribution is -2.49. The van der Waals surface area contributed by atoms with E-state index in [1.807, 2.05) is 24.3 Å². The number of amides is 2. The van der Waals surface area contributed by atoms with Crippen LogP contribution in [0.25, 0.3) is 0 Å². The van der Waals surface area contributed by atoms with Crippen LogP contribution in [0, 0.1) is 0 Å². The number of hydrogen-bond acceptors (Lipinski definition) is 9. The number of unbranched alkanes of at least 4 members (excludes halogenated alkanes) is 8. The molecule has 11 nitrogen and oxygen atoms in total. The van der Waals surface area contributed by atoms with Crippen LogP contribution in [0.3, 0.4) is 0 Å². The van der Waals surface area contributed by atoms with Crippen molar-refractivity contribution in [2.75, 3.05) is 85.1 Å². The van der Waals surface area contributed by atoms with Crippen LogP contribution in [-0.2, 0) is 17.9 Å². The van der Waals surface area contributed by atoms with Crippen molar-refractivity contribution in [1.82, 2.24) is 40.4 Å². The average molecular weight is 935 g/mol. The van der Waals surface area contributed by atoms with Crippen LogP contribution in [0.2, 0.25) is 0 Å². The maximum Gasteiger partial charge on any atom is 0.251 e. The lowest BCUT2D eigenvalue weighted by molar-refractivity contribution is -0.121. The quantitative estimate of drug-likeness (QED) is 0.0368. The Balaban J connectivity index is 0.860. The zero-order chi connectivity index (χ0) is 47.4. The molecule has 6 rings (SSSR count). The second-order valence-electron chi connectivity index (χ2n) is 20.1. The maximum atomic E-state index is 13.2. The highest BCUT2D eigenvalue weighted by Gasteiger charge is 2.33. The fraction of sp³-hybridized carbons (Fsp3) is 0.667. The molecule has 0 bridgehead atoms. The van der Waals surface area contributed by atoms with Gasteiger partial charge in [-0.25, -0.2) is 0 Å². The summed E-state index contributed by atoms with van der Waals surface area (Å²) >= 11 is 0. The Labute approximate surface area is 411 Å². The third-order valence-electron chi connectivity index (χ3n) is 14.7. The molecule has 4 aliphatic heterocycles. The molecule has 0 radical (unpaired) electrons. The molecule has 4 aliphatic rings. The molecule has 376 valence electrons. The minimum Gasteiger partial charge on any atom is -0.355 e. The lowest BCUT2D eigenvalue weighted by atomic mass is 10.0. The molecule has 2 atom stereocenters. The molecule has 4 saturated heterocycles. The van der Waals surface area contributed by atoms with Gasteiger partial charge in [0.15, 0.2) is 5.78 Å². The first-order valence-electron chi connectivity index (χ1n) is 27.4. The topological polar surface area (TPSA) is 104 Å². The molecule has 2 amide bonds. The number of ketones is 1. The largest absolute Gasteiger partial charge is 0.355 e. The van der Waals surface area contributed by atoms with E-state index in [9.17, 15) is 14.4 Å². The molecular formula is C57H90N8O3. The van der Waals surface area contributed by atoms with E-state index < -0.39 is 0 Å². The monoisotopic (exact) mass is 935 g/mol. The predicted molar refractivity (Wildman–Crippen MR) is 280 cm³/mol. The van der Waals surface area contributed by atoms with Crippen LogP contribution in [0.15, 0.2) is 72.8 Å². The van der Waals surface area contributed by atoms with Crippen molar-refractivity contribution in [3.63, 3.8) is 0 Å². The van der Waals surface area contributed by atoms with Gasteiger partial charge >= 0.3 is 0 Å². The van der Waals surface area contributed by atoms with E-state index in [1.165, 1.54) is 121 Å². The van der Waals surface area contributed by atoms with Crippen molar-refractivity contribution in [3.05, 3.63) is 95.1 Å². The Kier molecular flexibility index (Phi) is 24.8. The summed E-state index contributed by atoms with van der Waals surface area (Å²) in [6.45, 7) is 16.1. The summed E-state index contributed by atoms with van der Waals surface area (Å²) in [5.41, 5.74) is 4.03. The maximum absolute atomic E-state index is 13.2. The van der Waals surface area contributed by atoms with Gasteiger partial charge in [-0.2, -0.15) is 0 Å². The summed E-state index contributed by atoms with van der Waals surface area (Å²) in [6.07, 6.45) is 32.7. The fourth-order valence-corrected chi connectivity index (χ4v) is 10.8. The molecule has 3 N–H and O–H groups in total. The van der Waals surface area contributed by atoms with Gasteiger partial charge < -0.3 is 16.0 Å². The number of carbonyl (C=O) groups excluding carboxylic acids is 3. The number of Topliss-reactive ketones (excluding diaryl/α,β-unsaturated/α-hetero) is 1. The first-order chi connectivity index (χ1) is 33.5. The van der Waals surface area contributed by atoms with E-state index in [2.05, 4.69) is 95.9 Å². The molecule has 11 heteroatoms. The molecule has 2 aromatic carbocycles. The Bertz CT molecular complexity index is 1800. The van der Waals surface area contributed by atoms with Crippen molar-refractivity contribution in [3.8, 4) is 0 Å². The number of benzene rings is 2. The lowest BCUT2D eigenvalue weighted by Gasteiger charge is -2.40. The molecule has 2 unspecified atom stereocenters. The Hall–Kier alpha value is -3.71. The van der Waals surface area contributed by atoms with Crippen LogP contribution in [0.5, 0.6) is 0 Å². The summed E-state index contributed by atoms with van der Waals surface area (Å²) in [6, 6.07) is 16.5. The first-order valence-corrected chi connectivity index (χ1v) is 27.4.